The van der Waals surface area contributed by atoms with Crippen molar-refractivity contribution in [2.24, 2.45) is 0 Å². The predicted molar refractivity (Wildman–Crippen MR) is 52.9 cm³/mol. The molecule has 0 aromatic heterocycles. The van der Waals surface area contributed by atoms with Gasteiger partial charge < -0.3 is 0 Å². The average molecular weight is 282 g/mol. The Kier molecular flexibility index (Phi) is 6.36. The highest BCUT2D eigenvalue weighted by atomic mass is 32.2. The molecule has 8 heteroatoms. The normalized spacial score (nSPS) is 14.8. The number of hydrogen-bond donors (Lipinski definition) is 0. The average Bonchev–Trinajstić information content (AvgIpc) is 2.21. The van der Waals surface area contributed by atoms with Gasteiger partial charge in [-0.1, -0.05) is 18.7 Å². The highest BCUT2D eigenvalue weighted by molar-refractivity contribution is 8.13. The summed E-state index contributed by atoms with van der Waals surface area (Å²) in [6.07, 6.45) is -11.1. The molecule has 1 atom stereocenters. The van der Waals surface area contributed by atoms with Crippen LogP contribution in [0.3, 0.4) is 0 Å². The van der Waals surface area contributed by atoms with Crippen LogP contribution in [0.15, 0.2) is 0 Å². The highest BCUT2D eigenvalue weighted by Gasteiger charge is 2.56. The highest BCUT2D eigenvalue weighted by Crippen LogP contribution is 2.37. The quantitative estimate of drug-likeness (QED) is 0.541. The first-order valence-electron chi connectivity index (χ1n) is 4.85. The maximum Gasteiger partial charge on any atom is 0.425 e. The monoisotopic (exact) mass is 282 g/mol. The molecular weight excluding hydrogens is 270 g/mol. The Labute approximate surface area is 98.9 Å². The number of thioether (sulfide) groups is 1. The molecule has 0 aliphatic carbocycles. The lowest BCUT2D eigenvalue weighted by molar-refractivity contribution is -0.245. The first-order chi connectivity index (χ1) is 7.61. The second kappa shape index (κ2) is 6.51. The van der Waals surface area contributed by atoms with E-state index in [9.17, 15) is 31.1 Å². The van der Waals surface area contributed by atoms with E-state index >= 15 is 0 Å². The van der Waals surface area contributed by atoms with Gasteiger partial charge in [0, 0.05) is 18.6 Å². The predicted octanol–water partition coefficient (Wildman–Crippen LogP) is 3.97. The third-order valence-corrected chi connectivity index (χ3v) is 2.97. The summed E-state index contributed by atoms with van der Waals surface area (Å²) in [5.74, 6) is -4.47. The second-order valence-electron chi connectivity index (χ2n) is 3.34. The molecule has 0 saturated heterocycles. The molecule has 0 aromatic carbocycles. The zero-order chi connectivity index (χ0) is 13.7. The van der Waals surface area contributed by atoms with Gasteiger partial charge in [0.2, 0.25) is 0 Å². The summed E-state index contributed by atoms with van der Waals surface area (Å²) in [6.45, 7) is 1.57. The lowest BCUT2D eigenvalue weighted by Gasteiger charge is -2.22. The Morgan fingerprint density at radius 1 is 1.24 bits per heavy atom. The largest absolute Gasteiger partial charge is 0.425 e. The van der Waals surface area contributed by atoms with Crippen LogP contribution in [0.5, 0.6) is 0 Å². The van der Waals surface area contributed by atoms with E-state index in [-0.39, 0.29) is 23.7 Å². The molecule has 0 rings (SSSR count). The van der Waals surface area contributed by atoms with Crippen LogP contribution >= 0.6 is 11.8 Å². The van der Waals surface area contributed by atoms with Gasteiger partial charge in [0.25, 0.3) is 12.1 Å². The molecule has 0 aliphatic rings. The first kappa shape index (κ1) is 16.6. The van der Waals surface area contributed by atoms with Gasteiger partial charge in [-0.3, -0.25) is 4.79 Å². The molecule has 0 N–H and O–H groups in total. The van der Waals surface area contributed by atoms with Crippen LogP contribution in [0.4, 0.5) is 26.3 Å². The van der Waals surface area contributed by atoms with Crippen molar-refractivity contribution < 1.29 is 31.1 Å². The fraction of sp³-hybridized carbons (Fsp3) is 0.889. The summed E-state index contributed by atoms with van der Waals surface area (Å²) >= 11 is 0.760. The minimum absolute atomic E-state index is 0.0349. The van der Waals surface area contributed by atoms with Crippen molar-refractivity contribution >= 4 is 16.9 Å². The van der Waals surface area contributed by atoms with Gasteiger partial charge >= 0.3 is 6.18 Å². The van der Waals surface area contributed by atoms with Gasteiger partial charge in [-0.05, 0) is 6.42 Å². The van der Waals surface area contributed by atoms with Crippen molar-refractivity contribution in [1.82, 2.24) is 0 Å². The van der Waals surface area contributed by atoms with Gasteiger partial charge in [-0.2, -0.15) is 13.2 Å². The molecule has 0 heterocycles. The Hall–Kier alpha value is -0.400. The van der Waals surface area contributed by atoms with Crippen LogP contribution in [0.2, 0.25) is 0 Å². The van der Waals surface area contributed by atoms with Gasteiger partial charge in [-0.25, -0.2) is 13.2 Å². The minimum Gasteiger partial charge on any atom is -0.287 e. The van der Waals surface area contributed by atoms with Crippen molar-refractivity contribution in [2.45, 2.75) is 44.5 Å². The van der Waals surface area contributed by atoms with Crippen molar-refractivity contribution in [2.75, 3.05) is 5.75 Å². The van der Waals surface area contributed by atoms with Gasteiger partial charge in [0.1, 0.15) is 0 Å². The van der Waals surface area contributed by atoms with E-state index in [4.69, 9.17) is 0 Å². The van der Waals surface area contributed by atoms with E-state index < -0.39 is 24.7 Å². The number of alkyl halides is 6. The fourth-order valence-corrected chi connectivity index (χ4v) is 1.68. The van der Waals surface area contributed by atoms with Crippen LogP contribution in [-0.4, -0.2) is 29.1 Å². The maximum absolute atomic E-state index is 12.7. The van der Waals surface area contributed by atoms with Gasteiger partial charge in [0.05, 0.1) is 0 Å². The molecule has 17 heavy (non-hydrogen) atoms. The summed E-state index contributed by atoms with van der Waals surface area (Å²) in [6, 6.07) is 0. The van der Waals surface area contributed by atoms with Crippen LogP contribution in [0.25, 0.3) is 0 Å². The minimum atomic E-state index is -5.56. The fourth-order valence-electron chi connectivity index (χ4n) is 0.962. The summed E-state index contributed by atoms with van der Waals surface area (Å²) in [5.41, 5.74) is 0. The molecule has 1 unspecified atom stereocenters. The van der Waals surface area contributed by atoms with E-state index in [1.807, 2.05) is 0 Å². The second-order valence-corrected chi connectivity index (χ2v) is 4.50. The lowest BCUT2D eigenvalue weighted by Crippen LogP contribution is -2.41. The van der Waals surface area contributed by atoms with Crippen LogP contribution < -0.4 is 0 Å². The smallest absolute Gasteiger partial charge is 0.287 e. The van der Waals surface area contributed by atoms with Crippen LogP contribution in [0.1, 0.15) is 26.2 Å². The van der Waals surface area contributed by atoms with Crippen molar-refractivity contribution in [1.29, 1.82) is 0 Å². The third-order valence-electron chi connectivity index (χ3n) is 1.86. The Morgan fingerprint density at radius 2 is 1.76 bits per heavy atom. The number of carbonyl (C=O) groups excluding carboxylic acids is 1. The molecule has 0 fully saturated rings. The molecule has 0 spiro atoms. The zero-order valence-corrected chi connectivity index (χ0v) is 9.81. The van der Waals surface area contributed by atoms with Gasteiger partial charge in [0.15, 0.2) is 5.12 Å². The SMILES string of the molecule is CCC(=O)SCCCC(F)(F)C(F)C(F)(F)F. The van der Waals surface area contributed by atoms with Crippen LogP contribution in [-0.2, 0) is 4.79 Å². The summed E-state index contributed by atoms with van der Waals surface area (Å²) in [7, 11) is 0. The molecule has 102 valence electrons. The molecule has 0 aliphatic heterocycles. The number of rotatable bonds is 6. The number of halogens is 6. The molecule has 1 nitrogen and oxygen atoms in total. The van der Waals surface area contributed by atoms with Gasteiger partial charge in [-0.15, -0.1) is 0 Å². The topological polar surface area (TPSA) is 17.1 Å². The lowest BCUT2D eigenvalue weighted by atomic mass is 10.1. The molecule has 0 amide bonds. The van der Waals surface area contributed by atoms with E-state index in [0.717, 1.165) is 11.8 Å². The van der Waals surface area contributed by atoms with E-state index in [1.165, 1.54) is 0 Å². The molecule has 0 radical (unpaired) electrons. The zero-order valence-electron chi connectivity index (χ0n) is 8.99. The first-order valence-corrected chi connectivity index (χ1v) is 5.84. The van der Waals surface area contributed by atoms with Crippen molar-refractivity contribution in [3.63, 3.8) is 0 Å². The summed E-state index contributed by atoms with van der Waals surface area (Å²) in [4.78, 5) is 10.8. The van der Waals surface area contributed by atoms with E-state index in [1.54, 1.807) is 6.92 Å². The Morgan fingerprint density at radius 3 is 2.18 bits per heavy atom. The van der Waals surface area contributed by atoms with E-state index in [2.05, 4.69) is 0 Å². The maximum atomic E-state index is 12.7. The summed E-state index contributed by atoms with van der Waals surface area (Å²) < 4.78 is 73.0. The molecule has 0 saturated carbocycles. The molecular formula is C9H12F6OS. The van der Waals surface area contributed by atoms with Crippen molar-refractivity contribution in [3.05, 3.63) is 0 Å². The standard InChI is InChI=1S/C9H12F6OS/c1-2-6(16)17-5-3-4-8(11,12)7(10)9(13,14)15/h7H,2-5H2,1H3. The van der Waals surface area contributed by atoms with Crippen molar-refractivity contribution in [3.8, 4) is 0 Å². The molecule has 0 bridgehead atoms. The van der Waals surface area contributed by atoms with E-state index in [0.29, 0.717) is 0 Å². The Bertz CT molecular complexity index is 252. The molecule has 0 aromatic rings. The van der Waals surface area contributed by atoms with Crippen LogP contribution in [0, 0.1) is 0 Å². The Balaban J connectivity index is 4.06. The number of hydrogen-bond acceptors (Lipinski definition) is 2. The third kappa shape index (κ3) is 6.18. The summed E-state index contributed by atoms with van der Waals surface area (Å²) in [5, 5.41) is -0.235. The number of carbonyl (C=O) groups is 1.